The summed E-state index contributed by atoms with van der Waals surface area (Å²) in [6, 6.07) is 4.74. The maximum atomic E-state index is 11.5. The fraction of sp³-hybridized carbons (Fsp3) is 0.385. The lowest BCUT2D eigenvalue weighted by Gasteiger charge is -2.37. The molecule has 4 nitrogen and oxygen atoms in total. The highest BCUT2D eigenvalue weighted by Crippen LogP contribution is 2.25. The lowest BCUT2D eigenvalue weighted by molar-refractivity contribution is -0.268. The average Bonchev–Trinajstić information content (AvgIpc) is 2.33. The van der Waals surface area contributed by atoms with Crippen LogP contribution in [0, 0.1) is 0 Å². The van der Waals surface area contributed by atoms with Crippen LogP contribution in [0.25, 0.3) is 0 Å². The topological polar surface area (TPSA) is 60.4 Å². The monoisotopic (exact) mass is 300 g/mol. The number of likely N-dealkylation sites (tertiary alicyclic amines) is 1. The van der Waals surface area contributed by atoms with Crippen LogP contribution < -0.4 is 5.11 Å². The van der Waals surface area contributed by atoms with Crippen molar-refractivity contribution in [1.82, 2.24) is 4.90 Å². The molecule has 1 amide bonds. The van der Waals surface area contributed by atoms with Gasteiger partial charge in [0.1, 0.15) is 11.9 Å². The number of hydrogen-bond acceptors (Lipinski definition) is 3. The van der Waals surface area contributed by atoms with E-state index in [0.717, 1.165) is 5.56 Å². The summed E-state index contributed by atoms with van der Waals surface area (Å²) in [5.74, 6) is 0.0718. The number of rotatable bonds is 2. The van der Waals surface area contributed by atoms with E-state index in [9.17, 15) is 14.7 Å². The van der Waals surface area contributed by atoms with E-state index in [1.54, 1.807) is 18.2 Å². The predicted octanol–water partition coefficient (Wildman–Crippen LogP) is 1.91. The van der Waals surface area contributed by atoms with Crippen molar-refractivity contribution in [2.45, 2.75) is 25.3 Å². The van der Waals surface area contributed by atoms with Crippen molar-refractivity contribution >= 4 is 35.1 Å². The number of nitrogens with zero attached hydrogens (tertiary/aromatic N) is 1. The van der Waals surface area contributed by atoms with E-state index in [2.05, 4.69) is 0 Å². The lowest BCUT2D eigenvalue weighted by Crippen LogP contribution is -2.52. The van der Waals surface area contributed by atoms with Crippen LogP contribution in [-0.4, -0.2) is 29.4 Å². The minimum absolute atomic E-state index is 0.0718. The fourth-order valence-corrected chi connectivity index (χ4v) is 2.58. The molecule has 1 aromatic carbocycles. The van der Waals surface area contributed by atoms with Gasteiger partial charge in [0.2, 0.25) is 0 Å². The number of carbonyl (C=O) groups is 2. The third-order valence-corrected chi connectivity index (χ3v) is 3.96. The normalized spacial score (nSPS) is 19.6. The zero-order valence-electron chi connectivity index (χ0n) is 10.1. The first-order valence-electron chi connectivity index (χ1n) is 5.90. The first-order chi connectivity index (χ1) is 8.97. The molecule has 0 N–H and O–H groups in total. The van der Waals surface area contributed by atoms with Crippen LogP contribution in [-0.2, 0) is 11.2 Å². The maximum Gasteiger partial charge on any atom is 0.137 e. The molecular weight excluding hydrogens is 289 g/mol. The molecule has 19 heavy (non-hydrogen) atoms. The lowest BCUT2D eigenvalue weighted by atomic mass is 9.95. The number of amides is 1. The minimum atomic E-state index is -1.24. The summed E-state index contributed by atoms with van der Waals surface area (Å²) in [7, 11) is 0. The molecule has 1 fully saturated rings. The van der Waals surface area contributed by atoms with Crippen LogP contribution in [0.5, 0.6) is 0 Å². The standard InChI is InChI=1S/C13H13Cl2NO3/c14-11-2-1-8(6-12(11)15)5-9-7-10(17)3-4-16(9)13(18)19/h1-2,6,9H,3-5,7H2,(H,18,19)/p-1. The fourth-order valence-electron chi connectivity index (χ4n) is 2.26. The molecule has 1 heterocycles. The van der Waals surface area contributed by atoms with Gasteiger partial charge in [-0.2, -0.15) is 0 Å². The number of benzene rings is 1. The van der Waals surface area contributed by atoms with Crippen LogP contribution in [0.15, 0.2) is 18.2 Å². The van der Waals surface area contributed by atoms with E-state index in [-0.39, 0.29) is 31.2 Å². The Morgan fingerprint density at radius 3 is 2.74 bits per heavy atom. The maximum absolute atomic E-state index is 11.5. The largest absolute Gasteiger partial charge is 0.530 e. The highest BCUT2D eigenvalue weighted by molar-refractivity contribution is 6.42. The van der Waals surface area contributed by atoms with Crippen LogP contribution in [0.3, 0.4) is 0 Å². The summed E-state index contributed by atoms with van der Waals surface area (Å²) in [6.45, 7) is 0.202. The van der Waals surface area contributed by atoms with Gasteiger partial charge in [0, 0.05) is 25.4 Å². The molecule has 1 saturated heterocycles. The van der Waals surface area contributed by atoms with Gasteiger partial charge in [-0.1, -0.05) is 29.3 Å². The van der Waals surface area contributed by atoms with Crippen molar-refractivity contribution < 1.29 is 14.7 Å². The Bertz CT molecular complexity index is 519. The van der Waals surface area contributed by atoms with E-state index in [1.807, 2.05) is 0 Å². The van der Waals surface area contributed by atoms with Crippen molar-refractivity contribution in [2.75, 3.05) is 6.54 Å². The van der Waals surface area contributed by atoms with E-state index in [0.29, 0.717) is 16.5 Å². The van der Waals surface area contributed by atoms with Gasteiger partial charge in [-0.15, -0.1) is 0 Å². The number of halogens is 2. The van der Waals surface area contributed by atoms with Crippen LogP contribution in [0.4, 0.5) is 4.79 Å². The van der Waals surface area contributed by atoms with E-state index >= 15 is 0 Å². The van der Waals surface area contributed by atoms with Crippen molar-refractivity contribution in [2.24, 2.45) is 0 Å². The van der Waals surface area contributed by atoms with Crippen molar-refractivity contribution in [3.05, 3.63) is 33.8 Å². The van der Waals surface area contributed by atoms with Gasteiger partial charge in [-0.3, -0.25) is 4.79 Å². The molecule has 1 aromatic rings. The molecule has 0 bridgehead atoms. The molecule has 2 rings (SSSR count). The first kappa shape index (κ1) is 14.2. The number of carbonyl (C=O) groups excluding carboxylic acids is 2. The summed E-state index contributed by atoms with van der Waals surface area (Å²) in [6.07, 6.45) is -0.339. The van der Waals surface area contributed by atoms with Gasteiger partial charge in [0.05, 0.1) is 10.0 Å². The molecule has 102 valence electrons. The average molecular weight is 301 g/mol. The summed E-state index contributed by atoms with van der Waals surface area (Å²) in [5, 5.41) is 11.9. The summed E-state index contributed by atoms with van der Waals surface area (Å²) >= 11 is 11.7. The molecule has 0 spiro atoms. The number of hydrogen-bond donors (Lipinski definition) is 0. The highest BCUT2D eigenvalue weighted by Gasteiger charge is 2.27. The molecule has 1 atom stereocenters. The highest BCUT2D eigenvalue weighted by atomic mass is 35.5. The van der Waals surface area contributed by atoms with Gasteiger partial charge in [-0.25, -0.2) is 0 Å². The van der Waals surface area contributed by atoms with Crippen LogP contribution in [0.2, 0.25) is 10.0 Å². The van der Waals surface area contributed by atoms with Gasteiger partial charge >= 0.3 is 0 Å². The van der Waals surface area contributed by atoms with Gasteiger partial charge in [0.15, 0.2) is 0 Å². The molecule has 0 aromatic heterocycles. The summed E-state index contributed by atoms with van der Waals surface area (Å²) < 4.78 is 0. The van der Waals surface area contributed by atoms with Gasteiger partial charge < -0.3 is 14.8 Å². The molecule has 0 aliphatic carbocycles. The molecular formula is C13H12Cl2NO3-. The number of piperidine rings is 1. The second-order valence-corrected chi connectivity index (χ2v) is 5.37. The van der Waals surface area contributed by atoms with Crippen molar-refractivity contribution in [1.29, 1.82) is 0 Å². The van der Waals surface area contributed by atoms with Crippen molar-refractivity contribution in [3.8, 4) is 0 Å². The third kappa shape index (κ3) is 3.39. The van der Waals surface area contributed by atoms with Crippen LogP contribution in [0.1, 0.15) is 18.4 Å². The predicted molar refractivity (Wildman–Crippen MR) is 70.3 cm³/mol. The first-order valence-corrected chi connectivity index (χ1v) is 6.66. The Morgan fingerprint density at radius 1 is 1.37 bits per heavy atom. The van der Waals surface area contributed by atoms with Crippen molar-refractivity contribution in [3.63, 3.8) is 0 Å². The summed E-state index contributed by atoms with van der Waals surface area (Å²) in [4.78, 5) is 23.7. The number of ketones is 1. The molecule has 0 saturated carbocycles. The third-order valence-electron chi connectivity index (χ3n) is 3.23. The Kier molecular flexibility index (Phi) is 4.32. The van der Waals surface area contributed by atoms with E-state index < -0.39 is 6.09 Å². The molecule has 6 heteroatoms. The van der Waals surface area contributed by atoms with E-state index in [4.69, 9.17) is 23.2 Å². The molecule has 1 aliphatic rings. The number of Topliss-reactive ketones (excluding diaryl/α,β-unsaturated/α-hetero) is 1. The molecule has 0 radical (unpaired) electrons. The SMILES string of the molecule is O=C1CCN(C(=O)[O-])C(Cc2ccc(Cl)c(Cl)c2)C1. The minimum Gasteiger partial charge on any atom is -0.530 e. The van der Waals surface area contributed by atoms with Gasteiger partial charge in [0.25, 0.3) is 0 Å². The molecule has 1 aliphatic heterocycles. The number of carboxylic acid groups (broad SMARTS) is 1. The Morgan fingerprint density at radius 2 is 2.11 bits per heavy atom. The van der Waals surface area contributed by atoms with Crippen LogP contribution >= 0.6 is 23.2 Å². The summed E-state index contributed by atoms with van der Waals surface area (Å²) in [5.41, 5.74) is 0.848. The second kappa shape index (κ2) is 5.80. The second-order valence-electron chi connectivity index (χ2n) is 4.56. The Hall–Kier alpha value is -1.26. The quantitative estimate of drug-likeness (QED) is 0.838. The Balaban J connectivity index is 2.16. The molecule has 1 unspecified atom stereocenters. The Labute approximate surface area is 120 Å². The van der Waals surface area contributed by atoms with Gasteiger partial charge in [-0.05, 0) is 24.1 Å². The smallest absolute Gasteiger partial charge is 0.137 e. The van der Waals surface area contributed by atoms with E-state index in [1.165, 1.54) is 4.90 Å². The zero-order chi connectivity index (χ0) is 14.0. The zero-order valence-corrected chi connectivity index (χ0v) is 11.6.